The highest BCUT2D eigenvalue weighted by molar-refractivity contribution is 5.94. The van der Waals surface area contributed by atoms with Crippen LogP contribution in [-0.2, 0) is 4.74 Å². The van der Waals surface area contributed by atoms with E-state index in [0.29, 0.717) is 49.9 Å². The third-order valence-corrected chi connectivity index (χ3v) is 4.61. The Kier molecular flexibility index (Phi) is 5.48. The average Bonchev–Trinajstić information content (AvgIpc) is 3.08. The zero-order valence-corrected chi connectivity index (χ0v) is 16.5. The van der Waals surface area contributed by atoms with Gasteiger partial charge in [0.2, 0.25) is 0 Å². The summed E-state index contributed by atoms with van der Waals surface area (Å²) in [6.07, 6.45) is 0.573. The summed E-state index contributed by atoms with van der Waals surface area (Å²) < 4.78 is 16.5. The Morgan fingerprint density at radius 1 is 1.22 bits per heavy atom. The fourth-order valence-electron chi connectivity index (χ4n) is 3.34. The largest absolute Gasteiger partial charge is 0.486 e. The van der Waals surface area contributed by atoms with Gasteiger partial charge in [-0.3, -0.25) is 4.79 Å². The first-order valence-electron chi connectivity index (χ1n) is 9.36. The molecule has 0 radical (unpaired) electrons. The minimum Gasteiger partial charge on any atom is -0.486 e. The van der Waals surface area contributed by atoms with Crippen LogP contribution < -0.4 is 9.47 Å². The van der Waals surface area contributed by atoms with Gasteiger partial charge in [0.1, 0.15) is 18.8 Å². The maximum Gasteiger partial charge on any atom is 0.410 e. The van der Waals surface area contributed by atoms with E-state index in [1.807, 2.05) is 20.8 Å². The van der Waals surface area contributed by atoms with Crippen molar-refractivity contribution in [3.63, 3.8) is 0 Å². The van der Waals surface area contributed by atoms with Crippen molar-refractivity contribution >= 4 is 12.0 Å². The molecule has 1 aromatic carbocycles. The van der Waals surface area contributed by atoms with Gasteiger partial charge in [0, 0.05) is 32.2 Å². The molecule has 7 heteroatoms. The van der Waals surface area contributed by atoms with Crippen molar-refractivity contribution in [3.05, 3.63) is 23.8 Å². The highest BCUT2D eigenvalue weighted by Crippen LogP contribution is 2.31. The lowest BCUT2D eigenvalue weighted by Crippen LogP contribution is -2.37. The Morgan fingerprint density at radius 2 is 1.93 bits per heavy atom. The fourth-order valence-corrected chi connectivity index (χ4v) is 3.34. The van der Waals surface area contributed by atoms with Gasteiger partial charge in [-0.2, -0.15) is 0 Å². The van der Waals surface area contributed by atoms with Crippen LogP contribution in [0.4, 0.5) is 4.79 Å². The molecule has 2 aliphatic heterocycles. The van der Waals surface area contributed by atoms with Crippen LogP contribution in [0.25, 0.3) is 0 Å². The van der Waals surface area contributed by atoms with E-state index in [-0.39, 0.29) is 17.9 Å². The van der Waals surface area contributed by atoms with Crippen LogP contribution in [0.2, 0.25) is 0 Å². The number of carbonyl (C=O) groups excluding carboxylic acids is 2. The van der Waals surface area contributed by atoms with Gasteiger partial charge in [0.15, 0.2) is 11.5 Å². The first-order chi connectivity index (χ1) is 12.7. The number of fused-ring (bicyclic) bond motifs is 1. The van der Waals surface area contributed by atoms with E-state index in [0.717, 1.165) is 6.42 Å². The Morgan fingerprint density at radius 3 is 2.63 bits per heavy atom. The molecule has 1 aromatic rings. The SMILES string of the molecule is CN(C[C@@H]1CCN(C(=O)OC(C)(C)C)C1)C(=O)c1ccc2c(c1)OCCO2. The molecule has 2 heterocycles. The van der Waals surface area contributed by atoms with Crippen LogP contribution in [0.3, 0.4) is 0 Å². The van der Waals surface area contributed by atoms with Gasteiger partial charge in [-0.05, 0) is 51.3 Å². The van der Waals surface area contributed by atoms with Crippen LogP contribution in [0.15, 0.2) is 18.2 Å². The molecule has 3 rings (SSSR count). The number of benzene rings is 1. The monoisotopic (exact) mass is 376 g/mol. The Bertz CT molecular complexity index is 713. The van der Waals surface area contributed by atoms with E-state index in [4.69, 9.17) is 14.2 Å². The van der Waals surface area contributed by atoms with E-state index >= 15 is 0 Å². The smallest absolute Gasteiger partial charge is 0.410 e. The summed E-state index contributed by atoms with van der Waals surface area (Å²) in [5.41, 5.74) is 0.0731. The summed E-state index contributed by atoms with van der Waals surface area (Å²) in [6.45, 7) is 8.44. The van der Waals surface area contributed by atoms with E-state index in [2.05, 4.69) is 0 Å². The average molecular weight is 376 g/mol. The van der Waals surface area contributed by atoms with Gasteiger partial charge in [0.25, 0.3) is 5.91 Å². The second kappa shape index (κ2) is 7.66. The van der Waals surface area contributed by atoms with Gasteiger partial charge >= 0.3 is 6.09 Å². The number of ether oxygens (including phenoxy) is 3. The molecule has 2 aliphatic rings. The zero-order chi connectivity index (χ0) is 19.6. The zero-order valence-electron chi connectivity index (χ0n) is 16.5. The van der Waals surface area contributed by atoms with E-state index in [1.165, 1.54) is 0 Å². The molecule has 1 saturated heterocycles. The summed E-state index contributed by atoms with van der Waals surface area (Å²) in [6, 6.07) is 5.26. The Hall–Kier alpha value is -2.44. The molecule has 0 bridgehead atoms. The van der Waals surface area contributed by atoms with Gasteiger partial charge < -0.3 is 24.0 Å². The number of hydrogen-bond donors (Lipinski definition) is 0. The minimum absolute atomic E-state index is 0.0670. The molecule has 0 spiro atoms. The first-order valence-corrected chi connectivity index (χ1v) is 9.36. The summed E-state index contributed by atoms with van der Waals surface area (Å²) >= 11 is 0. The number of nitrogens with zero attached hydrogens (tertiary/aromatic N) is 2. The third kappa shape index (κ3) is 4.84. The molecule has 0 saturated carbocycles. The predicted octanol–water partition coefficient (Wildman–Crippen LogP) is 2.79. The van der Waals surface area contributed by atoms with Crippen molar-refractivity contribution in [2.75, 3.05) is 39.9 Å². The molecule has 0 unspecified atom stereocenters. The van der Waals surface area contributed by atoms with Crippen LogP contribution in [0.1, 0.15) is 37.6 Å². The van der Waals surface area contributed by atoms with Crippen LogP contribution in [0, 0.1) is 5.92 Å². The van der Waals surface area contributed by atoms with Gasteiger partial charge in [-0.1, -0.05) is 0 Å². The number of carbonyl (C=O) groups is 2. The maximum absolute atomic E-state index is 12.7. The fraction of sp³-hybridized carbons (Fsp3) is 0.600. The number of rotatable bonds is 3. The third-order valence-electron chi connectivity index (χ3n) is 4.61. The topological polar surface area (TPSA) is 68.3 Å². The van der Waals surface area contributed by atoms with Crippen molar-refractivity contribution in [2.24, 2.45) is 5.92 Å². The lowest BCUT2D eigenvalue weighted by molar-refractivity contribution is 0.0286. The van der Waals surface area contributed by atoms with E-state index in [1.54, 1.807) is 35.0 Å². The van der Waals surface area contributed by atoms with Crippen molar-refractivity contribution in [1.82, 2.24) is 9.80 Å². The second-order valence-electron chi connectivity index (χ2n) is 8.13. The summed E-state index contributed by atoms with van der Waals surface area (Å²) in [4.78, 5) is 28.4. The van der Waals surface area contributed by atoms with Gasteiger partial charge in [-0.15, -0.1) is 0 Å². The molecule has 148 valence electrons. The van der Waals surface area contributed by atoms with Crippen molar-refractivity contribution in [2.45, 2.75) is 32.8 Å². The van der Waals surface area contributed by atoms with Gasteiger partial charge in [0.05, 0.1) is 0 Å². The lowest BCUT2D eigenvalue weighted by Gasteiger charge is -2.25. The molecule has 2 amide bonds. The Balaban J connectivity index is 1.55. The normalized spacial score (nSPS) is 19.0. The molecule has 1 atom stereocenters. The van der Waals surface area contributed by atoms with Gasteiger partial charge in [-0.25, -0.2) is 4.79 Å². The number of likely N-dealkylation sites (tertiary alicyclic amines) is 1. The number of amides is 2. The quantitative estimate of drug-likeness (QED) is 0.811. The summed E-state index contributed by atoms with van der Waals surface area (Å²) in [5.74, 6) is 1.45. The summed E-state index contributed by atoms with van der Waals surface area (Å²) in [5, 5.41) is 0. The highest BCUT2D eigenvalue weighted by atomic mass is 16.6. The first kappa shape index (κ1) is 19.3. The highest BCUT2D eigenvalue weighted by Gasteiger charge is 2.31. The summed E-state index contributed by atoms with van der Waals surface area (Å²) in [7, 11) is 1.79. The van der Waals surface area contributed by atoms with Crippen molar-refractivity contribution < 1.29 is 23.8 Å². The maximum atomic E-state index is 12.7. The second-order valence-corrected chi connectivity index (χ2v) is 8.13. The lowest BCUT2D eigenvalue weighted by atomic mass is 10.1. The van der Waals surface area contributed by atoms with E-state index in [9.17, 15) is 9.59 Å². The molecular formula is C20H28N2O5. The number of hydrogen-bond acceptors (Lipinski definition) is 5. The standard InChI is InChI=1S/C20H28N2O5/c1-20(2,3)27-19(24)22-8-7-14(13-22)12-21(4)18(23)15-5-6-16-17(11-15)26-10-9-25-16/h5-6,11,14H,7-10,12-13H2,1-4H3/t14-/m0/s1. The molecule has 0 aliphatic carbocycles. The molecule has 1 fully saturated rings. The van der Waals surface area contributed by atoms with Crippen LogP contribution in [-0.4, -0.2) is 67.3 Å². The minimum atomic E-state index is -0.500. The molecular weight excluding hydrogens is 348 g/mol. The molecule has 27 heavy (non-hydrogen) atoms. The Labute approximate surface area is 160 Å². The molecule has 0 N–H and O–H groups in total. The predicted molar refractivity (Wildman–Crippen MR) is 100 cm³/mol. The van der Waals surface area contributed by atoms with Crippen LogP contribution >= 0.6 is 0 Å². The van der Waals surface area contributed by atoms with Crippen LogP contribution in [0.5, 0.6) is 11.5 Å². The molecule has 7 nitrogen and oxygen atoms in total. The van der Waals surface area contributed by atoms with Crippen molar-refractivity contribution in [3.8, 4) is 11.5 Å². The van der Waals surface area contributed by atoms with Crippen molar-refractivity contribution in [1.29, 1.82) is 0 Å². The van der Waals surface area contributed by atoms with E-state index < -0.39 is 5.60 Å². The molecule has 0 aromatic heterocycles.